The summed E-state index contributed by atoms with van der Waals surface area (Å²) >= 11 is 0. The van der Waals surface area contributed by atoms with Gasteiger partial charge >= 0.3 is 0 Å². The molecule has 4 fully saturated rings. The molecule has 8 heteroatoms. The van der Waals surface area contributed by atoms with Gasteiger partial charge in [0.25, 0.3) is 11.8 Å². The molecule has 4 aliphatic rings. The van der Waals surface area contributed by atoms with Crippen LogP contribution in [0.15, 0.2) is 24.3 Å². The number of carbonyl (C=O) groups is 2. The molecule has 4 saturated heterocycles. The highest BCUT2D eigenvalue weighted by Crippen LogP contribution is 2.69. The molecule has 0 saturated carbocycles. The van der Waals surface area contributed by atoms with Crippen LogP contribution in [0, 0.1) is 16.7 Å². The quantitative estimate of drug-likeness (QED) is 0.724. The monoisotopic (exact) mass is 389 g/mol. The molecule has 0 N–H and O–H groups in total. The molecule has 2 amide bonds. The first-order valence-electron chi connectivity index (χ1n) is 8.27. The fraction of sp³-hybridized carbons (Fsp3) is 0.500. The highest BCUT2D eigenvalue weighted by Gasteiger charge is 2.74. The van der Waals surface area contributed by atoms with E-state index in [4.69, 9.17) is 4.74 Å². The molecular weight excluding hydrogens is 370 g/mol. The summed E-state index contributed by atoms with van der Waals surface area (Å²) in [5, 5.41) is 9.98. The number of ether oxygens (including phenoxy) is 1. The van der Waals surface area contributed by atoms with Gasteiger partial charge in [0.1, 0.15) is 5.75 Å². The van der Waals surface area contributed by atoms with Gasteiger partial charge in [-0.15, -0.1) is 0 Å². The Labute approximate surface area is 160 Å². The maximum absolute atomic E-state index is 13.4. The normalized spacial score (nSPS) is 38.3. The average molecular weight is 390 g/mol. The molecule has 4 heterocycles. The molecule has 0 radical (unpaired) electrons. The lowest BCUT2D eigenvalue weighted by atomic mass is 9.79. The number of hydrogen-bond donors (Lipinski definition) is 0. The first-order valence-corrected chi connectivity index (χ1v) is 10.4. The Bertz CT molecular complexity index is 854. The SMILES string of the molecule is COc1ccc([C@@H]2N3C(=O)C4(C)SSC3(C[C@]2(C)C#N)C(=O)N4C)cc1. The summed E-state index contributed by atoms with van der Waals surface area (Å²) in [4.78, 5) is 27.9. The molecule has 0 aliphatic carbocycles. The third-order valence-electron chi connectivity index (χ3n) is 5.78. The number of likely N-dealkylation sites (N-methyl/N-ethyl adjacent to an activating group) is 1. The van der Waals surface area contributed by atoms with Crippen molar-refractivity contribution in [3.63, 3.8) is 0 Å². The molecule has 1 aromatic carbocycles. The number of nitrogens with zero attached hydrogens (tertiary/aromatic N) is 3. The van der Waals surface area contributed by atoms with E-state index in [2.05, 4.69) is 6.07 Å². The van der Waals surface area contributed by atoms with Crippen LogP contribution >= 0.6 is 21.6 Å². The van der Waals surface area contributed by atoms with Crippen LogP contribution in [0.1, 0.15) is 31.9 Å². The molecule has 0 aromatic heterocycles. The average Bonchev–Trinajstić information content (AvgIpc) is 2.93. The van der Waals surface area contributed by atoms with Crippen molar-refractivity contribution in [2.75, 3.05) is 14.2 Å². The van der Waals surface area contributed by atoms with Crippen molar-refractivity contribution in [2.45, 2.75) is 36.1 Å². The molecule has 6 nitrogen and oxygen atoms in total. The first-order chi connectivity index (χ1) is 12.2. The Morgan fingerprint density at radius 2 is 1.85 bits per heavy atom. The summed E-state index contributed by atoms with van der Waals surface area (Å²) < 4.78 is 5.22. The van der Waals surface area contributed by atoms with Gasteiger partial charge in [-0.25, -0.2) is 0 Å². The fourth-order valence-corrected chi connectivity index (χ4v) is 7.79. The van der Waals surface area contributed by atoms with Crippen molar-refractivity contribution < 1.29 is 14.3 Å². The number of hydrogen-bond acceptors (Lipinski definition) is 6. The van der Waals surface area contributed by atoms with Gasteiger partial charge in [-0.1, -0.05) is 33.7 Å². The Morgan fingerprint density at radius 3 is 2.42 bits per heavy atom. The zero-order chi connectivity index (χ0) is 18.9. The highest BCUT2D eigenvalue weighted by molar-refractivity contribution is 8.78. The summed E-state index contributed by atoms with van der Waals surface area (Å²) in [6, 6.07) is 9.32. The van der Waals surface area contributed by atoms with Crippen LogP contribution in [0.25, 0.3) is 0 Å². The minimum absolute atomic E-state index is 0.0964. The smallest absolute Gasteiger partial charge is 0.261 e. The third kappa shape index (κ3) is 1.90. The summed E-state index contributed by atoms with van der Waals surface area (Å²) in [5.41, 5.74) is -0.0125. The lowest BCUT2D eigenvalue weighted by Crippen LogP contribution is -2.73. The van der Waals surface area contributed by atoms with Gasteiger partial charge in [0.05, 0.1) is 24.6 Å². The van der Waals surface area contributed by atoms with Crippen molar-refractivity contribution in [2.24, 2.45) is 5.41 Å². The van der Waals surface area contributed by atoms with Crippen molar-refractivity contribution in [1.29, 1.82) is 5.26 Å². The minimum Gasteiger partial charge on any atom is -0.497 e. The Hall–Kier alpha value is -1.85. The maximum atomic E-state index is 13.4. The second-order valence-corrected chi connectivity index (χ2v) is 10.2. The van der Waals surface area contributed by atoms with Crippen LogP contribution in [-0.2, 0) is 9.59 Å². The van der Waals surface area contributed by atoms with E-state index in [0.29, 0.717) is 12.2 Å². The van der Waals surface area contributed by atoms with E-state index in [1.165, 1.54) is 21.6 Å². The summed E-state index contributed by atoms with van der Waals surface area (Å²) in [6.45, 7) is 3.62. The molecule has 1 aromatic rings. The van der Waals surface area contributed by atoms with Gasteiger partial charge in [-0.2, -0.15) is 5.26 Å². The summed E-state index contributed by atoms with van der Waals surface area (Å²) in [5.74, 6) is 0.503. The predicted octanol–water partition coefficient (Wildman–Crippen LogP) is 2.78. The Balaban J connectivity index is 1.90. The maximum Gasteiger partial charge on any atom is 0.261 e. The molecular formula is C18H19N3O3S2. The number of methoxy groups -OCH3 is 1. The van der Waals surface area contributed by atoms with E-state index < -0.39 is 21.2 Å². The summed E-state index contributed by atoms with van der Waals surface area (Å²) in [7, 11) is 6.11. The molecule has 2 unspecified atom stereocenters. The van der Waals surface area contributed by atoms with E-state index in [-0.39, 0.29) is 11.8 Å². The Morgan fingerprint density at radius 1 is 1.19 bits per heavy atom. The molecule has 5 rings (SSSR count). The van der Waals surface area contributed by atoms with E-state index in [1.54, 1.807) is 30.9 Å². The lowest BCUT2D eigenvalue weighted by Gasteiger charge is -2.57. The van der Waals surface area contributed by atoms with Crippen LogP contribution in [0.2, 0.25) is 0 Å². The summed E-state index contributed by atoms with van der Waals surface area (Å²) in [6.07, 6.45) is 0.315. The number of nitriles is 1. The van der Waals surface area contributed by atoms with Gasteiger partial charge in [-0.3, -0.25) is 9.59 Å². The van der Waals surface area contributed by atoms with E-state index >= 15 is 0 Å². The zero-order valence-electron chi connectivity index (χ0n) is 15.0. The standard InChI is InChI=1S/C18H19N3O3S2/c1-16(10-19)9-18-15(23)20(3)17(2,25-26-18)14(22)21(18)13(16)11-5-7-12(24-4)8-6-11/h5-8,13H,9H2,1-4H3/t13-,16+,17?,18?/m0/s1. The van der Waals surface area contributed by atoms with Crippen molar-refractivity contribution >= 4 is 33.4 Å². The van der Waals surface area contributed by atoms with E-state index in [1.807, 2.05) is 31.2 Å². The van der Waals surface area contributed by atoms with Gasteiger partial charge in [0.2, 0.25) is 0 Å². The second kappa shape index (κ2) is 5.33. The highest BCUT2D eigenvalue weighted by atomic mass is 33.1. The fourth-order valence-electron chi connectivity index (χ4n) is 4.21. The van der Waals surface area contributed by atoms with Crippen LogP contribution in [0.5, 0.6) is 5.75 Å². The number of benzene rings is 1. The van der Waals surface area contributed by atoms with Crippen LogP contribution in [0.4, 0.5) is 0 Å². The lowest BCUT2D eigenvalue weighted by molar-refractivity contribution is -0.164. The van der Waals surface area contributed by atoms with Crippen molar-refractivity contribution in [3.05, 3.63) is 29.8 Å². The number of rotatable bonds is 2. The van der Waals surface area contributed by atoms with Crippen molar-refractivity contribution in [1.82, 2.24) is 9.80 Å². The van der Waals surface area contributed by atoms with Crippen LogP contribution in [-0.4, -0.2) is 45.5 Å². The van der Waals surface area contributed by atoms with Gasteiger partial charge < -0.3 is 14.5 Å². The number of amides is 2. The van der Waals surface area contributed by atoms with Gasteiger partial charge in [0.15, 0.2) is 9.74 Å². The number of piperazine rings is 1. The molecule has 1 spiro atoms. The molecule has 4 atom stereocenters. The van der Waals surface area contributed by atoms with Gasteiger partial charge in [0, 0.05) is 13.5 Å². The Kier molecular flexibility index (Phi) is 3.60. The number of fused-ring (bicyclic) bond motifs is 2. The molecule has 136 valence electrons. The predicted molar refractivity (Wildman–Crippen MR) is 100 cm³/mol. The second-order valence-electron chi connectivity index (χ2n) is 7.35. The molecule has 4 aliphatic heterocycles. The number of carbonyl (C=O) groups excluding carboxylic acids is 2. The first kappa shape index (κ1) is 17.6. The van der Waals surface area contributed by atoms with E-state index in [9.17, 15) is 14.9 Å². The topological polar surface area (TPSA) is 73.6 Å². The van der Waals surface area contributed by atoms with Crippen molar-refractivity contribution in [3.8, 4) is 11.8 Å². The third-order valence-corrected chi connectivity index (χ3v) is 9.48. The molecule has 26 heavy (non-hydrogen) atoms. The van der Waals surface area contributed by atoms with Crippen LogP contribution in [0.3, 0.4) is 0 Å². The molecule has 2 bridgehead atoms. The zero-order valence-corrected chi connectivity index (χ0v) is 16.6. The van der Waals surface area contributed by atoms with Gasteiger partial charge in [-0.05, 0) is 31.5 Å². The minimum atomic E-state index is -1.02. The largest absolute Gasteiger partial charge is 0.497 e. The van der Waals surface area contributed by atoms with E-state index in [0.717, 1.165) is 5.56 Å². The van der Waals surface area contributed by atoms with Crippen LogP contribution < -0.4 is 4.74 Å².